The number of rotatable bonds is 5. The van der Waals surface area contributed by atoms with Crippen LogP contribution in [0.15, 0.2) is 52.3 Å². The van der Waals surface area contributed by atoms with Crippen LogP contribution in [0.2, 0.25) is 0 Å². The van der Waals surface area contributed by atoms with Crippen LogP contribution in [0, 0.1) is 13.8 Å². The van der Waals surface area contributed by atoms with Crippen molar-refractivity contribution in [2.24, 2.45) is 0 Å². The highest BCUT2D eigenvalue weighted by Gasteiger charge is 2.28. The lowest BCUT2D eigenvalue weighted by atomic mass is 10.2. The van der Waals surface area contributed by atoms with Crippen LogP contribution in [0.1, 0.15) is 30.4 Å². The first kappa shape index (κ1) is 19.9. The first-order chi connectivity index (χ1) is 12.7. The monoisotopic (exact) mass is 408 g/mol. The number of nitrogens with one attached hydrogen (secondary N) is 1. The molecule has 8 heteroatoms. The fraction of sp³-hybridized carbons (Fsp3) is 0.368. The molecular formula is C19H24N2O4S2. The van der Waals surface area contributed by atoms with E-state index in [0.717, 1.165) is 24.8 Å². The van der Waals surface area contributed by atoms with Crippen LogP contribution in [-0.4, -0.2) is 34.2 Å². The van der Waals surface area contributed by atoms with E-state index in [-0.39, 0.29) is 15.5 Å². The van der Waals surface area contributed by atoms with Gasteiger partial charge in [0, 0.05) is 13.1 Å². The summed E-state index contributed by atoms with van der Waals surface area (Å²) in [5.74, 6) is 0. The molecule has 1 heterocycles. The van der Waals surface area contributed by atoms with Gasteiger partial charge in [0.05, 0.1) is 15.5 Å². The maximum absolute atomic E-state index is 13.0. The van der Waals surface area contributed by atoms with Crippen molar-refractivity contribution in [3.63, 3.8) is 0 Å². The Kier molecular flexibility index (Phi) is 5.60. The molecule has 0 amide bonds. The lowest BCUT2D eigenvalue weighted by Gasteiger charge is -2.26. The largest absolute Gasteiger partial charge is 0.280 e. The van der Waals surface area contributed by atoms with Gasteiger partial charge in [-0.15, -0.1) is 0 Å². The fourth-order valence-corrected chi connectivity index (χ4v) is 6.10. The van der Waals surface area contributed by atoms with Gasteiger partial charge in [-0.3, -0.25) is 4.72 Å². The van der Waals surface area contributed by atoms with Crippen LogP contribution in [0.3, 0.4) is 0 Å². The Morgan fingerprint density at radius 1 is 0.889 bits per heavy atom. The first-order valence-electron chi connectivity index (χ1n) is 8.90. The van der Waals surface area contributed by atoms with Crippen LogP contribution >= 0.6 is 0 Å². The molecule has 146 valence electrons. The lowest BCUT2D eigenvalue weighted by Crippen LogP contribution is -2.36. The summed E-state index contributed by atoms with van der Waals surface area (Å²) >= 11 is 0. The van der Waals surface area contributed by atoms with Crippen molar-refractivity contribution >= 4 is 25.7 Å². The lowest BCUT2D eigenvalue weighted by molar-refractivity contribution is 0.346. The zero-order chi connectivity index (χ0) is 19.7. The highest BCUT2D eigenvalue weighted by molar-refractivity contribution is 7.92. The van der Waals surface area contributed by atoms with E-state index in [1.54, 1.807) is 31.2 Å². The number of benzene rings is 2. The van der Waals surface area contributed by atoms with Gasteiger partial charge in [-0.2, -0.15) is 4.31 Å². The normalized spacial score (nSPS) is 16.2. The van der Waals surface area contributed by atoms with Crippen molar-refractivity contribution in [2.45, 2.75) is 42.9 Å². The summed E-state index contributed by atoms with van der Waals surface area (Å²) in [7, 11) is -7.44. The van der Waals surface area contributed by atoms with Crippen LogP contribution in [0.5, 0.6) is 0 Å². The third-order valence-electron chi connectivity index (χ3n) is 4.67. The van der Waals surface area contributed by atoms with Crippen molar-refractivity contribution in [3.8, 4) is 0 Å². The molecule has 0 atom stereocenters. The molecule has 2 aromatic carbocycles. The van der Waals surface area contributed by atoms with Gasteiger partial charge in [0.25, 0.3) is 10.0 Å². The summed E-state index contributed by atoms with van der Waals surface area (Å²) in [5, 5.41) is 0. The molecule has 0 bridgehead atoms. The molecule has 0 saturated carbocycles. The summed E-state index contributed by atoms with van der Waals surface area (Å²) in [6.45, 7) is 4.53. The average Bonchev–Trinajstić information content (AvgIpc) is 2.64. The second-order valence-electron chi connectivity index (χ2n) is 6.87. The third-order valence-corrected chi connectivity index (χ3v) is 8.09. The molecule has 1 N–H and O–H groups in total. The SMILES string of the molecule is Cc1cccc(S(=O)(=O)Nc2ccc(C)c(S(=O)(=O)N3CCCCC3)c2)c1. The maximum Gasteiger partial charge on any atom is 0.261 e. The molecule has 1 fully saturated rings. The van der Waals surface area contributed by atoms with E-state index in [1.807, 2.05) is 13.0 Å². The van der Waals surface area contributed by atoms with Gasteiger partial charge in [-0.05, 0) is 62.1 Å². The Balaban J connectivity index is 1.94. The molecule has 27 heavy (non-hydrogen) atoms. The van der Waals surface area contributed by atoms with Gasteiger partial charge in [-0.25, -0.2) is 16.8 Å². The minimum Gasteiger partial charge on any atom is -0.280 e. The van der Waals surface area contributed by atoms with Gasteiger partial charge >= 0.3 is 0 Å². The Morgan fingerprint density at radius 2 is 1.59 bits per heavy atom. The number of hydrogen-bond donors (Lipinski definition) is 1. The molecular weight excluding hydrogens is 384 g/mol. The second kappa shape index (κ2) is 7.61. The zero-order valence-corrected chi connectivity index (χ0v) is 17.1. The van der Waals surface area contributed by atoms with E-state index in [0.29, 0.717) is 18.7 Å². The minimum absolute atomic E-state index is 0.142. The molecule has 0 radical (unpaired) electrons. The van der Waals surface area contributed by atoms with Crippen molar-refractivity contribution in [3.05, 3.63) is 53.6 Å². The molecule has 6 nitrogen and oxygen atoms in total. The standard InChI is InChI=1S/C19H24N2O4S2/c1-15-7-6-8-18(13-15)26(22,23)20-17-10-9-16(2)19(14-17)27(24,25)21-11-4-3-5-12-21/h6-10,13-14,20H,3-5,11-12H2,1-2H3. The Morgan fingerprint density at radius 3 is 2.26 bits per heavy atom. The van der Waals surface area contributed by atoms with Crippen LogP contribution in [-0.2, 0) is 20.0 Å². The van der Waals surface area contributed by atoms with E-state index >= 15 is 0 Å². The van der Waals surface area contributed by atoms with Gasteiger partial charge in [-0.1, -0.05) is 24.6 Å². The number of piperidine rings is 1. The van der Waals surface area contributed by atoms with Gasteiger partial charge in [0.15, 0.2) is 0 Å². The predicted octanol–water partition coefficient (Wildman–Crippen LogP) is 3.28. The fourth-order valence-electron chi connectivity index (χ4n) is 3.18. The zero-order valence-electron chi connectivity index (χ0n) is 15.5. The van der Waals surface area contributed by atoms with Crippen LogP contribution in [0.25, 0.3) is 0 Å². The number of aryl methyl sites for hydroxylation is 2. The summed E-state index contributed by atoms with van der Waals surface area (Å²) in [5.41, 5.74) is 1.66. The summed E-state index contributed by atoms with van der Waals surface area (Å²) in [4.78, 5) is 0.289. The summed E-state index contributed by atoms with van der Waals surface area (Å²) in [6, 6.07) is 11.2. The molecule has 0 aromatic heterocycles. The summed E-state index contributed by atoms with van der Waals surface area (Å²) < 4.78 is 55.2. The van der Waals surface area contributed by atoms with Crippen molar-refractivity contribution in [1.82, 2.24) is 4.31 Å². The highest BCUT2D eigenvalue weighted by atomic mass is 32.2. The number of hydrogen-bond acceptors (Lipinski definition) is 4. The van der Waals surface area contributed by atoms with E-state index < -0.39 is 20.0 Å². The van der Waals surface area contributed by atoms with E-state index in [1.165, 1.54) is 16.4 Å². The first-order valence-corrected chi connectivity index (χ1v) is 11.8. The van der Waals surface area contributed by atoms with Gasteiger partial charge in [0.2, 0.25) is 10.0 Å². The number of sulfonamides is 2. The molecule has 0 spiro atoms. The Labute approximate surface area is 161 Å². The second-order valence-corrected chi connectivity index (χ2v) is 10.5. The summed E-state index contributed by atoms with van der Waals surface area (Å²) in [6.07, 6.45) is 2.72. The molecule has 2 aromatic rings. The molecule has 3 rings (SSSR count). The molecule has 1 saturated heterocycles. The van der Waals surface area contributed by atoms with Crippen LogP contribution < -0.4 is 4.72 Å². The molecule has 0 unspecified atom stereocenters. The maximum atomic E-state index is 13.0. The molecule has 0 aliphatic carbocycles. The highest BCUT2D eigenvalue weighted by Crippen LogP contribution is 2.27. The van der Waals surface area contributed by atoms with Crippen molar-refractivity contribution in [1.29, 1.82) is 0 Å². The van der Waals surface area contributed by atoms with E-state index in [9.17, 15) is 16.8 Å². The minimum atomic E-state index is -3.79. The smallest absolute Gasteiger partial charge is 0.261 e. The average molecular weight is 409 g/mol. The number of nitrogens with zero attached hydrogens (tertiary/aromatic N) is 1. The third kappa shape index (κ3) is 4.34. The Bertz CT molecular complexity index is 1040. The van der Waals surface area contributed by atoms with Crippen molar-refractivity contribution < 1.29 is 16.8 Å². The van der Waals surface area contributed by atoms with Gasteiger partial charge < -0.3 is 0 Å². The van der Waals surface area contributed by atoms with Crippen molar-refractivity contribution in [2.75, 3.05) is 17.8 Å². The quantitative estimate of drug-likeness (QED) is 0.823. The van der Waals surface area contributed by atoms with E-state index in [4.69, 9.17) is 0 Å². The number of anilines is 1. The topological polar surface area (TPSA) is 83.5 Å². The molecule has 1 aliphatic heterocycles. The molecule has 1 aliphatic rings. The predicted molar refractivity (Wildman–Crippen MR) is 106 cm³/mol. The van der Waals surface area contributed by atoms with Crippen LogP contribution in [0.4, 0.5) is 5.69 Å². The Hall–Kier alpha value is -1.90. The van der Waals surface area contributed by atoms with Gasteiger partial charge in [0.1, 0.15) is 0 Å². The van der Waals surface area contributed by atoms with E-state index in [2.05, 4.69) is 4.72 Å².